The van der Waals surface area contributed by atoms with E-state index in [1.54, 1.807) is 6.92 Å². The van der Waals surface area contributed by atoms with E-state index >= 15 is 0 Å². The average Bonchev–Trinajstić information content (AvgIpc) is 2.26. The lowest BCUT2D eigenvalue weighted by molar-refractivity contribution is -0.138. The van der Waals surface area contributed by atoms with E-state index < -0.39 is 6.03 Å². The molecule has 0 atom stereocenters. The van der Waals surface area contributed by atoms with E-state index in [0.717, 1.165) is 11.3 Å². The van der Waals surface area contributed by atoms with Gasteiger partial charge in [-0.1, -0.05) is 5.57 Å². The first kappa shape index (κ1) is 13.2. The Morgan fingerprint density at radius 3 is 2.71 bits per heavy atom. The van der Waals surface area contributed by atoms with Gasteiger partial charge in [-0.2, -0.15) is 5.10 Å². The largest absolute Gasteiger partial charge is 0.463 e. The summed E-state index contributed by atoms with van der Waals surface area (Å²) < 4.78 is 4.96. The van der Waals surface area contributed by atoms with Crippen molar-refractivity contribution in [2.75, 3.05) is 6.61 Å². The molecule has 3 N–H and O–H groups in total. The molecule has 6 nitrogen and oxygen atoms in total. The van der Waals surface area contributed by atoms with Crippen molar-refractivity contribution in [1.82, 2.24) is 5.43 Å². The Morgan fingerprint density at radius 1 is 1.47 bits per heavy atom. The van der Waals surface area contributed by atoms with Crippen LogP contribution in [0.4, 0.5) is 4.79 Å². The smallest absolute Gasteiger partial charge is 0.333 e. The van der Waals surface area contributed by atoms with E-state index in [4.69, 9.17) is 10.5 Å². The van der Waals surface area contributed by atoms with E-state index in [9.17, 15) is 9.59 Å². The minimum atomic E-state index is -0.685. The third-order valence-electron chi connectivity index (χ3n) is 2.49. The molecule has 0 saturated heterocycles. The van der Waals surface area contributed by atoms with Gasteiger partial charge in [0.25, 0.3) is 0 Å². The molecule has 0 aromatic rings. The van der Waals surface area contributed by atoms with Crippen LogP contribution in [0.15, 0.2) is 16.2 Å². The van der Waals surface area contributed by atoms with Crippen molar-refractivity contribution in [3.05, 3.63) is 11.1 Å². The predicted octanol–water partition coefficient (Wildman–Crippen LogP) is 1.07. The van der Waals surface area contributed by atoms with Crippen LogP contribution >= 0.6 is 0 Å². The number of urea groups is 1. The third kappa shape index (κ3) is 3.90. The molecule has 0 radical (unpaired) electrons. The minimum Gasteiger partial charge on any atom is -0.463 e. The summed E-state index contributed by atoms with van der Waals surface area (Å²) in [6.45, 7) is 4.02. The Bertz CT molecular complexity index is 385. The maximum absolute atomic E-state index is 11.6. The van der Waals surface area contributed by atoms with Crippen molar-refractivity contribution in [2.45, 2.75) is 33.1 Å². The normalized spacial score (nSPS) is 18.1. The number of carbonyl (C=O) groups is 2. The van der Waals surface area contributed by atoms with Crippen LogP contribution in [0.1, 0.15) is 33.1 Å². The topological polar surface area (TPSA) is 93.8 Å². The van der Waals surface area contributed by atoms with Crippen LogP contribution in [0.2, 0.25) is 0 Å². The van der Waals surface area contributed by atoms with E-state index in [0.29, 0.717) is 31.4 Å². The SMILES string of the molecule is CCOC(=O)C1=C(C)CC(=NNC(N)=O)CC1. The molecule has 0 aliphatic heterocycles. The summed E-state index contributed by atoms with van der Waals surface area (Å²) >= 11 is 0. The number of nitrogens with one attached hydrogen (secondary N) is 1. The number of hydrazone groups is 1. The zero-order valence-corrected chi connectivity index (χ0v) is 10.1. The molecule has 0 spiro atoms. The van der Waals surface area contributed by atoms with Crippen molar-refractivity contribution in [2.24, 2.45) is 10.8 Å². The van der Waals surface area contributed by atoms with E-state index in [2.05, 4.69) is 10.5 Å². The summed E-state index contributed by atoms with van der Waals surface area (Å²) in [5, 5.41) is 3.88. The van der Waals surface area contributed by atoms with Gasteiger partial charge in [0.2, 0.25) is 0 Å². The van der Waals surface area contributed by atoms with E-state index in [1.807, 2.05) is 6.92 Å². The Labute approximate surface area is 99.9 Å². The predicted molar refractivity (Wildman–Crippen MR) is 63.3 cm³/mol. The zero-order chi connectivity index (χ0) is 12.8. The van der Waals surface area contributed by atoms with Gasteiger partial charge in [0.05, 0.1) is 6.61 Å². The highest BCUT2D eigenvalue weighted by molar-refractivity contribution is 5.96. The Hall–Kier alpha value is -1.85. The number of hydrogen-bond donors (Lipinski definition) is 2. The van der Waals surface area contributed by atoms with Gasteiger partial charge in [-0.15, -0.1) is 0 Å². The van der Waals surface area contributed by atoms with Gasteiger partial charge in [-0.25, -0.2) is 15.0 Å². The maximum Gasteiger partial charge on any atom is 0.333 e. The summed E-state index contributed by atoms with van der Waals surface area (Å²) in [4.78, 5) is 22.1. The average molecular weight is 239 g/mol. The quantitative estimate of drug-likeness (QED) is 0.570. The number of primary amides is 1. The maximum atomic E-state index is 11.6. The lowest BCUT2D eigenvalue weighted by Gasteiger charge is -2.18. The van der Waals surface area contributed by atoms with Crippen molar-refractivity contribution in [1.29, 1.82) is 0 Å². The molecule has 0 heterocycles. The number of amides is 2. The molecule has 0 bridgehead atoms. The number of ether oxygens (including phenoxy) is 1. The molecule has 0 aromatic carbocycles. The lowest BCUT2D eigenvalue weighted by atomic mass is 9.91. The molecule has 94 valence electrons. The van der Waals surface area contributed by atoms with Crippen molar-refractivity contribution in [3.8, 4) is 0 Å². The fourth-order valence-electron chi connectivity index (χ4n) is 1.71. The van der Waals surface area contributed by atoms with Crippen LogP contribution in [0, 0.1) is 0 Å². The Morgan fingerprint density at radius 2 is 2.18 bits per heavy atom. The van der Waals surface area contributed by atoms with Gasteiger partial charge in [-0.05, 0) is 26.7 Å². The first-order valence-electron chi connectivity index (χ1n) is 5.51. The highest BCUT2D eigenvalue weighted by Gasteiger charge is 2.20. The van der Waals surface area contributed by atoms with Crippen molar-refractivity contribution < 1.29 is 14.3 Å². The molecular formula is C11H17N3O3. The third-order valence-corrected chi connectivity index (χ3v) is 2.49. The molecule has 17 heavy (non-hydrogen) atoms. The minimum absolute atomic E-state index is 0.257. The molecule has 6 heteroatoms. The first-order chi connectivity index (χ1) is 8.04. The second kappa shape index (κ2) is 6.03. The second-order valence-electron chi connectivity index (χ2n) is 3.81. The van der Waals surface area contributed by atoms with Gasteiger partial charge in [-0.3, -0.25) is 0 Å². The number of nitrogens with two attached hydrogens (primary N) is 1. The van der Waals surface area contributed by atoms with Gasteiger partial charge >= 0.3 is 12.0 Å². The molecule has 1 aliphatic carbocycles. The summed E-state index contributed by atoms with van der Waals surface area (Å²) in [5.41, 5.74) is 9.57. The second-order valence-corrected chi connectivity index (χ2v) is 3.81. The highest BCUT2D eigenvalue weighted by Crippen LogP contribution is 2.23. The number of esters is 1. The van der Waals surface area contributed by atoms with Gasteiger partial charge in [0.1, 0.15) is 0 Å². The van der Waals surface area contributed by atoms with E-state index in [-0.39, 0.29) is 5.97 Å². The number of carbonyl (C=O) groups excluding carboxylic acids is 2. The molecule has 1 rings (SSSR count). The fraction of sp³-hybridized carbons (Fsp3) is 0.545. The molecule has 1 aliphatic rings. The van der Waals surface area contributed by atoms with Crippen LogP contribution < -0.4 is 11.2 Å². The van der Waals surface area contributed by atoms with Gasteiger partial charge in [0, 0.05) is 17.7 Å². The van der Waals surface area contributed by atoms with Crippen LogP contribution in [0.3, 0.4) is 0 Å². The van der Waals surface area contributed by atoms with Gasteiger partial charge in [0.15, 0.2) is 0 Å². The number of allylic oxidation sites excluding steroid dienone is 1. The molecule has 0 unspecified atom stereocenters. The standard InChI is InChI=1S/C11H17N3O3/c1-3-17-10(15)9-5-4-8(6-7(9)2)13-14-11(12)16/h3-6H2,1-2H3,(H3,12,14,16). The highest BCUT2D eigenvalue weighted by atomic mass is 16.5. The van der Waals surface area contributed by atoms with Crippen molar-refractivity contribution >= 4 is 17.7 Å². The van der Waals surface area contributed by atoms with Crippen LogP contribution in [-0.4, -0.2) is 24.3 Å². The molecule has 0 saturated carbocycles. The molecule has 0 aromatic heterocycles. The first-order valence-corrected chi connectivity index (χ1v) is 5.51. The summed E-state index contributed by atoms with van der Waals surface area (Å²) in [6, 6.07) is -0.685. The zero-order valence-electron chi connectivity index (χ0n) is 10.1. The number of rotatable bonds is 3. The molecule has 0 fully saturated rings. The number of hydrogen-bond acceptors (Lipinski definition) is 4. The Kier molecular flexibility index (Phi) is 4.68. The van der Waals surface area contributed by atoms with E-state index in [1.165, 1.54) is 0 Å². The van der Waals surface area contributed by atoms with Crippen LogP contribution in [0.25, 0.3) is 0 Å². The summed E-state index contributed by atoms with van der Waals surface area (Å²) in [5.74, 6) is -0.257. The van der Waals surface area contributed by atoms with Crippen LogP contribution in [-0.2, 0) is 9.53 Å². The number of nitrogens with zero attached hydrogens (tertiary/aromatic N) is 1. The Balaban J connectivity index is 2.68. The van der Waals surface area contributed by atoms with Crippen molar-refractivity contribution in [3.63, 3.8) is 0 Å². The van der Waals surface area contributed by atoms with Crippen LogP contribution in [0.5, 0.6) is 0 Å². The lowest BCUT2D eigenvalue weighted by Crippen LogP contribution is -2.27. The molecular weight excluding hydrogens is 222 g/mol. The monoisotopic (exact) mass is 239 g/mol. The fourth-order valence-corrected chi connectivity index (χ4v) is 1.71. The summed E-state index contributed by atoms with van der Waals surface area (Å²) in [7, 11) is 0. The van der Waals surface area contributed by atoms with Gasteiger partial charge < -0.3 is 10.5 Å². The summed E-state index contributed by atoms with van der Waals surface area (Å²) in [6.07, 6.45) is 1.78. The molecule has 2 amide bonds.